The molecule has 0 aromatic rings. The largest absolute Gasteiger partial charge is 0.394 e. The lowest BCUT2D eigenvalue weighted by Gasteiger charge is -2.46. The van der Waals surface area contributed by atoms with E-state index in [1.54, 1.807) is 6.08 Å². The Hall–Kier alpha value is -3.61. The molecule has 9 N–H and O–H groups in total. The van der Waals surface area contributed by atoms with E-state index in [0.29, 0.717) is 12.8 Å². The first-order chi connectivity index (χ1) is 46.1. The van der Waals surface area contributed by atoms with Crippen LogP contribution in [-0.4, -0.2) is 140 Å². The van der Waals surface area contributed by atoms with Crippen molar-refractivity contribution in [2.75, 3.05) is 19.8 Å². The van der Waals surface area contributed by atoms with E-state index in [1.165, 1.54) is 161 Å². The number of unbranched alkanes of at least 4 members (excludes halogenated alkanes) is 30. The Morgan fingerprint density at radius 3 is 1.17 bits per heavy atom. The van der Waals surface area contributed by atoms with Crippen molar-refractivity contribution >= 4 is 5.91 Å². The number of carbonyl (C=O) groups is 1. The van der Waals surface area contributed by atoms with Crippen molar-refractivity contribution in [2.45, 2.75) is 357 Å². The fraction of sp³-hybridized carbons (Fsp3) is 0.738. The second kappa shape index (κ2) is 62.9. The van der Waals surface area contributed by atoms with Crippen LogP contribution in [0.4, 0.5) is 0 Å². The van der Waals surface area contributed by atoms with E-state index in [2.05, 4.69) is 129 Å². The number of ether oxygens (including phenoxy) is 4. The summed E-state index contributed by atoms with van der Waals surface area (Å²) in [6.07, 6.45) is 75.5. The van der Waals surface area contributed by atoms with Crippen LogP contribution in [0.25, 0.3) is 0 Å². The zero-order valence-electron chi connectivity index (χ0n) is 58.9. The smallest absolute Gasteiger partial charge is 0.220 e. The molecule has 0 radical (unpaired) electrons. The lowest BCUT2D eigenvalue weighted by atomic mass is 9.97. The van der Waals surface area contributed by atoms with E-state index in [-0.39, 0.29) is 18.9 Å². The number of amides is 1. The first-order valence-corrected chi connectivity index (χ1v) is 37.8. The minimum Gasteiger partial charge on any atom is -0.394 e. The van der Waals surface area contributed by atoms with Gasteiger partial charge in [-0.05, 0) is 96.3 Å². The normalized spacial score (nSPS) is 23.2. The molecule has 1 amide bonds. The molecule has 0 aromatic carbocycles. The van der Waals surface area contributed by atoms with E-state index >= 15 is 0 Å². The van der Waals surface area contributed by atoms with Crippen molar-refractivity contribution in [3.05, 3.63) is 122 Å². The van der Waals surface area contributed by atoms with Crippen molar-refractivity contribution < 1.29 is 64.6 Å². The Bertz CT molecular complexity index is 2040. The third kappa shape index (κ3) is 45.8. The molecule has 14 nitrogen and oxygen atoms in total. The number of nitrogens with one attached hydrogen (secondary N) is 1. The molecular weight excluding hydrogens is 1180 g/mol. The van der Waals surface area contributed by atoms with E-state index in [9.17, 15) is 45.6 Å². The molecule has 14 heteroatoms. The number of hydrogen-bond acceptors (Lipinski definition) is 13. The summed E-state index contributed by atoms with van der Waals surface area (Å²) in [5.41, 5.74) is 0. The molecule has 0 saturated carbocycles. The molecular formula is C80H137NO13. The fourth-order valence-corrected chi connectivity index (χ4v) is 11.7. The van der Waals surface area contributed by atoms with Crippen molar-refractivity contribution in [3.8, 4) is 0 Å². The third-order valence-electron chi connectivity index (χ3n) is 17.6. The number of carbonyl (C=O) groups excluding carboxylic acids is 1. The number of hydrogen-bond donors (Lipinski definition) is 9. The van der Waals surface area contributed by atoms with Gasteiger partial charge < -0.3 is 65.1 Å². The van der Waals surface area contributed by atoms with Crippen LogP contribution in [-0.2, 0) is 23.7 Å². The summed E-state index contributed by atoms with van der Waals surface area (Å²) >= 11 is 0. The molecule has 0 bridgehead atoms. The van der Waals surface area contributed by atoms with Crippen molar-refractivity contribution in [1.29, 1.82) is 0 Å². The average molecular weight is 1320 g/mol. The van der Waals surface area contributed by atoms with Crippen LogP contribution in [0.1, 0.15) is 284 Å². The molecule has 2 aliphatic heterocycles. The highest BCUT2D eigenvalue weighted by Gasteiger charge is 2.51. The molecule has 2 rings (SSSR count). The van der Waals surface area contributed by atoms with Gasteiger partial charge in [-0.1, -0.05) is 302 Å². The summed E-state index contributed by atoms with van der Waals surface area (Å²) in [5, 5.41) is 87.5. The number of rotatable bonds is 61. The van der Waals surface area contributed by atoms with Crippen molar-refractivity contribution in [3.63, 3.8) is 0 Å². The third-order valence-corrected chi connectivity index (χ3v) is 17.6. The maximum atomic E-state index is 13.3. The van der Waals surface area contributed by atoms with Gasteiger partial charge in [0.25, 0.3) is 0 Å². The topological polar surface area (TPSA) is 228 Å². The summed E-state index contributed by atoms with van der Waals surface area (Å²) in [6.45, 7) is 2.67. The van der Waals surface area contributed by atoms with Gasteiger partial charge in [-0.2, -0.15) is 0 Å². The maximum Gasteiger partial charge on any atom is 0.220 e. The number of aliphatic hydroxyl groups is 8. The van der Waals surface area contributed by atoms with Crippen LogP contribution in [0.15, 0.2) is 122 Å². The van der Waals surface area contributed by atoms with Crippen LogP contribution in [0.2, 0.25) is 0 Å². The summed E-state index contributed by atoms with van der Waals surface area (Å²) < 4.78 is 22.8. The van der Waals surface area contributed by atoms with Crippen LogP contribution < -0.4 is 5.32 Å². The Labute approximate surface area is 571 Å². The van der Waals surface area contributed by atoms with Crippen LogP contribution in [0.5, 0.6) is 0 Å². The summed E-state index contributed by atoms with van der Waals surface area (Å²) in [6, 6.07) is -0.957. The highest BCUT2D eigenvalue weighted by molar-refractivity contribution is 5.76. The van der Waals surface area contributed by atoms with Gasteiger partial charge >= 0.3 is 0 Å². The minimum atomic E-state index is -1.80. The summed E-state index contributed by atoms with van der Waals surface area (Å²) in [7, 11) is 0. The molecule has 2 heterocycles. The van der Waals surface area contributed by atoms with E-state index in [4.69, 9.17) is 18.9 Å². The Morgan fingerprint density at radius 1 is 0.394 bits per heavy atom. The van der Waals surface area contributed by atoms with Gasteiger partial charge in [-0.15, -0.1) is 0 Å². The van der Waals surface area contributed by atoms with Crippen molar-refractivity contribution in [2.24, 2.45) is 0 Å². The van der Waals surface area contributed by atoms with Gasteiger partial charge in [0.2, 0.25) is 5.91 Å². The SMILES string of the molecule is CC/C=C\C/C=C\C/C=C\C/C=C\C/C=C\C/C=C\C/C=C\C/C=C\CCCCCCC(=O)NC(COC1OC(CO)C(OC2OC(CO)C(O)C(O)C2O)C(O)C1O)C(O)/C=C/CC/C=C/CCCCCCCCCCCCCCCCCCCCCCCCCCC. The fourth-order valence-electron chi connectivity index (χ4n) is 11.7. The van der Waals surface area contributed by atoms with Gasteiger partial charge in [0.15, 0.2) is 12.6 Å². The van der Waals surface area contributed by atoms with Crippen LogP contribution in [0.3, 0.4) is 0 Å². The number of aliphatic hydroxyl groups excluding tert-OH is 8. The average Bonchev–Trinajstić information content (AvgIpc) is 0.794. The number of allylic oxidation sites excluding steroid dienone is 19. The highest BCUT2D eigenvalue weighted by atomic mass is 16.7. The van der Waals surface area contributed by atoms with E-state index in [1.807, 2.05) is 6.08 Å². The second-order valence-electron chi connectivity index (χ2n) is 26.0. The Kier molecular flexibility index (Phi) is 57.8. The van der Waals surface area contributed by atoms with Crippen molar-refractivity contribution in [1.82, 2.24) is 5.32 Å². The molecule has 0 aliphatic carbocycles. The minimum absolute atomic E-state index is 0.236. The van der Waals surface area contributed by atoms with Gasteiger partial charge in [0, 0.05) is 6.42 Å². The van der Waals surface area contributed by atoms with Gasteiger partial charge in [0.05, 0.1) is 32.0 Å². The zero-order chi connectivity index (χ0) is 68.0. The first kappa shape index (κ1) is 86.5. The monoisotopic (exact) mass is 1320 g/mol. The molecule has 12 atom stereocenters. The molecule has 0 spiro atoms. The quantitative estimate of drug-likeness (QED) is 0.0204. The summed E-state index contributed by atoms with van der Waals surface area (Å²) in [4.78, 5) is 13.3. The predicted molar refractivity (Wildman–Crippen MR) is 387 cm³/mol. The van der Waals surface area contributed by atoms with Crippen LogP contribution in [0, 0.1) is 0 Å². The van der Waals surface area contributed by atoms with E-state index < -0.39 is 86.8 Å². The Morgan fingerprint density at radius 2 is 0.745 bits per heavy atom. The zero-order valence-corrected chi connectivity index (χ0v) is 58.9. The van der Waals surface area contributed by atoms with Gasteiger partial charge in [-0.25, -0.2) is 0 Å². The molecule has 94 heavy (non-hydrogen) atoms. The van der Waals surface area contributed by atoms with E-state index in [0.717, 1.165) is 89.9 Å². The molecule has 0 aromatic heterocycles. The molecule has 12 unspecified atom stereocenters. The van der Waals surface area contributed by atoms with Gasteiger partial charge in [0.1, 0.15) is 48.8 Å². The molecule has 2 aliphatic rings. The molecule has 540 valence electrons. The van der Waals surface area contributed by atoms with Gasteiger partial charge in [-0.3, -0.25) is 4.79 Å². The maximum absolute atomic E-state index is 13.3. The van der Waals surface area contributed by atoms with Crippen LogP contribution >= 0.6 is 0 Å². The predicted octanol–water partition coefficient (Wildman–Crippen LogP) is 16.5. The highest BCUT2D eigenvalue weighted by Crippen LogP contribution is 2.30. The molecule has 2 fully saturated rings. The lowest BCUT2D eigenvalue weighted by molar-refractivity contribution is -0.359. The Balaban J connectivity index is 1.69. The molecule has 2 saturated heterocycles. The standard InChI is InChI=1S/C80H137NO13/c1-3-5-7-9-11-13-15-17-19-21-23-25-27-29-31-33-34-36-37-39-41-43-45-47-49-51-53-55-57-59-61-63-69(84)68(67-91-79-77(90)75(88)78(71(66-83)93-79)94-80-76(89)74(87)73(86)70(65-82)92-80)81-72(85)64-62-60-58-56-54-52-50-48-46-44-42-40-38-35-32-30-28-26-24-22-20-18-16-14-12-10-8-6-4-2/h6,8,12,14,18,20,24,26,30,32,38,40,44,46,50,52-53,55,61,63,68-71,73-80,82-84,86-90H,3-5,7,9-11,13,15-17,19,21-23,25,27-29,31,33-37,39,41-43,45,47-49,51,54,56-60,62,64-67H2,1-2H3,(H,81,85)/b8-6-,14-12-,20-18-,26-24-,32-30-,40-38-,46-44-,52-50-,55-53+,63-61+. The summed E-state index contributed by atoms with van der Waals surface area (Å²) in [5.74, 6) is -0.276. The first-order valence-electron chi connectivity index (χ1n) is 37.8. The lowest BCUT2D eigenvalue weighted by Crippen LogP contribution is -2.65. The second-order valence-corrected chi connectivity index (χ2v) is 26.0.